The van der Waals surface area contributed by atoms with Gasteiger partial charge in [-0.25, -0.2) is 0 Å². The number of rotatable bonds is 5. The molecular formula is C19H22N4O4. The Balaban J connectivity index is 1.49. The second-order valence-corrected chi connectivity index (χ2v) is 6.10. The van der Waals surface area contributed by atoms with Crippen molar-refractivity contribution in [1.29, 1.82) is 0 Å². The molecule has 2 aromatic rings. The molecule has 1 aromatic carbocycles. The molecule has 27 heavy (non-hydrogen) atoms. The molecule has 2 heterocycles. The highest BCUT2D eigenvalue weighted by Crippen LogP contribution is 2.14. The lowest BCUT2D eigenvalue weighted by molar-refractivity contribution is -0.137. The molecule has 1 aliphatic heterocycles. The summed E-state index contributed by atoms with van der Waals surface area (Å²) in [6, 6.07) is 10.8. The first-order valence-corrected chi connectivity index (χ1v) is 8.82. The Morgan fingerprint density at radius 2 is 1.63 bits per heavy atom. The standard InChI is InChI=1S/C19H22N4O4/c24-17(7-8-18(25)23-11-13-27-14-12-23)20-21-19(26)15-5-1-2-6-16(15)22-9-3-4-10-22/h1-6,9-10H,7-8,11-14H2,(H,20,24)(H,21,26). The van der Waals surface area contributed by atoms with E-state index in [0.29, 0.717) is 37.6 Å². The van der Waals surface area contributed by atoms with E-state index >= 15 is 0 Å². The van der Waals surface area contributed by atoms with Crippen LogP contribution in [0.1, 0.15) is 23.2 Å². The molecule has 1 fully saturated rings. The van der Waals surface area contributed by atoms with E-state index in [-0.39, 0.29) is 18.7 Å². The minimum absolute atomic E-state index is 0.00964. The fraction of sp³-hybridized carbons (Fsp3) is 0.316. The van der Waals surface area contributed by atoms with Crippen LogP contribution in [0.4, 0.5) is 0 Å². The van der Waals surface area contributed by atoms with Crippen molar-refractivity contribution in [2.45, 2.75) is 12.8 Å². The van der Waals surface area contributed by atoms with Crippen molar-refractivity contribution < 1.29 is 19.1 Å². The Hall–Kier alpha value is -3.13. The highest BCUT2D eigenvalue weighted by Gasteiger charge is 2.18. The molecule has 3 rings (SSSR count). The van der Waals surface area contributed by atoms with Crippen molar-refractivity contribution in [1.82, 2.24) is 20.3 Å². The zero-order valence-electron chi connectivity index (χ0n) is 14.9. The number of morpholine rings is 1. The van der Waals surface area contributed by atoms with Gasteiger partial charge in [0, 0.05) is 38.3 Å². The molecule has 2 N–H and O–H groups in total. The predicted octanol–water partition coefficient (Wildman–Crippen LogP) is 0.877. The number of hydrogen-bond donors (Lipinski definition) is 2. The molecule has 3 amide bonds. The van der Waals surface area contributed by atoms with Gasteiger partial charge in [0.25, 0.3) is 5.91 Å². The first-order valence-electron chi connectivity index (χ1n) is 8.82. The van der Waals surface area contributed by atoms with Crippen LogP contribution in [-0.2, 0) is 14.3 Å². The average molecular weight is 370 g/mol. The number of hydrazine groups is 1. The van der Waals surface area contributed by atoms with Crippen molar-refractivity contribution in [3.63, 3.8) is 0 Å². The van der Waals surface area contributed by atoms with Crippen LogP contribution in [-0.4, -0.2) is 53.5 Å². The Morgan fingerprint density at radius 1 is 0.926 bits per heavy atom. The molecule has 0 aliphatic carbocycles. The summed E-state index contributed by atoms with van der Waals surface area (Å²) in [7, 11) is 0. The smallest absolute Gasteiger partial charge is 0.271 e. The molecule has 0 atom stereocenters. The number of nitrogens with one attached hydrogen (secondary N) is 2. The van der Waals surface area contributed by atoms with E-state index in [9.17, 15) is 14.4 Å². The molecule has 0 unspecified atom stereocenters. The molecule has 142 valence electrons. The normalized spacial score (nSPS) is 13.9. The van der Waals surface area contributed by atoms with Crippen LogP contribution in [0.3, 0.4) is 0 Å². The van der Waals surface area contributed by atoms with Crippen molar-refractivity contribution in [2.75, 3.05) is 26.3 Å². The van der Waals surface area contributed by atoms with E-state index in [1.54, 1.807) is 17.0 Å². The first kappa shape index (κ1) is 18.7. The molecule has 0 bridgehead atoms. The molecule has 0 radical (unpaired) electrons. The zero-order valence-corrected chi connectivity index (χ0v) is 14.9. The maximum absolute atomic E-state index is 12.4. The highest BCUT2D eigenvalue weighted by atomic mass is 16.5. The lowest BCUT2D eigenvalue weighted by atomic mass is 10.1. The number of para-hydroxylation sites is 1. The van der Waals surface area contributed by atoms with Gasteiger partial charge in [0.15, 0.2) is 0 Å². The van der Waals surface area contributed by atoms with Gasteiger partial charge < -0.3 is 14.2 Å². The van der Waals surface area contributed by atoms with Crippen LogP contribution in [0.2, 0.25) is 0 Å². The second kappa shape index (κ2) is 9.00. The number of nitrogens with zero attached hydrogens (tertiary/aromatic N) is 2. The molecule has 0 saturated carbocycles. The zero-order chi connectivity index (χ0) is 19.1. The van der Waals surface area contributed by atoms with E-state index in [4.69, 9.17) is 4.74 Å². The Kier molecular flexibility index (Phi) is 6.22. The quantitative estimate of drug-likeness (QED) is 0.764. The van der Waals surface area contributed by atoms with Crippen LogP contribution in [0.15, 0.2) is 48.8 Å². The predicted molar refractivity (Wildman–Crippen MR) is 98.0 cm³/mol. The molecule has 8 nitrogen and oxygen atoms in total. The maximum atomic E-state index is 12.4. The summed E-state index contributed by atoms with van der Waals surface area (Å²) in [5, 5.41) is 0. The topological polar surface area (TPSA) is 92.7 Å². The number of aromatic nitrogens is 1. The lowest BCUT2D eigenvalue weighted by Gasteiger charge is -2.26. The Morgan fingerprint density at radius 3 is 2.37 bits per heavy atom. The first-order chi connectivity index (χ1) is 13.1. The van der Waals surface area contributed by atoms with Crippen molar-refractivity contribution in [3.8, 4) is 5.69 Å². The number of ether oxygens (including phenoxy) is 1. The molecular weight excluding hydrogens is 348 g/mol. The summed E-state index contributed by atoms with van der Waals surface area (Å²) in [5.74, 6) is -0.923. The third kappa shape index (κ3) is 4.95. The van der Waals surface area contributed by atoms with Crippen LogP contribution in [0, 0.1) is 0 Å². The molecule has 1 saturated heterocycles. The molecule has 1 aliphatic rings. The third-order valence-corrected chi connectivity index (χ3v) is 4.28. The van der Waals surface area contributed by atoms with E-state index in [1.807, 2.05) is 41.2 Å². The molecule has 8 heteroatoms. The number of amides is 3. The Bertz CT molecular complexity index is 798. The van der Waals surface area contributed by atoms with Gasteiger partial charge in [-0.2, -0.15) is 0 Å². The fourth-order valence-corrected chi connectivity index (χ4v) is 2.83. The minimum Gasteiger partial charge on any atom is -0.378 e. The van der Waals surface area contributed by atoms with Gasteiger partial charge in [-0.15, -0.1) is 0 Å². The van der Waals surface area contributed by atoms with Crippen LogP contribution in [0.25, 0.3) is 5.69 Å². The Labute approximate surface area is 157 Å². The average Bonchev–Trinajstić information content (AvgIpc) is 3.25. The van der Waals surface area contributed by atoms with Gasteiger partial charge >= 0.3 is 0 Å². The number of hydrogen-bond acceptors (Lipinski definition) is 4. The van der Waals surface area contributed by atoms with Gasteiger partial charge in [0.2, 0.25) is 11.8 Å². The van der Waals surface area contributed by atoms with Crippen LogP contribution < -0.4 is 10.9 Å². The maximum Gasteiger partial charge on any atom is 0.271 e. The number of benzene rings is 1. The van der Waals surface area contributed by atoms with Gasteiger partial charge in [-0.3, -0.25) is 25.2 Å². The summed E-state index contributed by atoms with van der Waals surface area (Å²) < 4.78 is 7.01. The summed E-state index contributed by atoms with van der Waals surface area (Å²) in [4.78, 5) is 38.1. The third-order valence-electron chi connectivity index (χ3n) is 4.28. The van der Waals surface area contributed by atoms with Crippen LogP contribution >= 0.6 is 0 Å². The number of carbonyl (C=O) groups is 3. The van der Waals surface area contributed by atoms with E-state index in [2.05, 4.69) is 10.9 Å². The lowest BCUT2D eigenvalue weighted by Crippen LogP contribution is -2.43. The molecule has 0 spiro atoms. The highest BCUT2D eigenvalue weighted by molar-refractivity contribution is 5.98. The van der Waals surface area contributed by atoms with Gasteiger partial charge in [-0.1, -0.05) is 12.1 Å². The van der Waals surface area contributed by atoms with Crippen molar-refractivity contribution in [2.24, 2.45) is 0 Å². The summed E-state index contributed by atoms with van der Waals surface area (Å²) in [5.41, 5.74) is 5.91. The summed E-state index contributed by atoms with van der Waals surface area (Å²) in [6.07, 6.45) is 3.78. The fourth-order valence-electron chi connectivity index (χ4n) is 2.83. The number of carbonyl (C=O) groups excluding carboxylic acids is 3. The van der Waals surface area contributed by atoms with Crippen molar-refractivity contribution >= 4 is 17.7 Å². The van der Waals surface area contributed by atoms with E-state index < -0.39 is 11.8 Å². The monoisotopic (exact) mass is 370 g/mol. The second-order valence-electron chi connectivity index (χ2n) is 6.10. The summed E-state index contributed by atoms with van der Waals surface area (Å²) in [6.45, 7) is 2.14. The van der Waals surface area contributed by atoms with Gasteiger partial charge in [0.05, 0.1) is 24.5 Å². The largest absolute Gasteiger partial charge is 0.378 e. The van der Waals surface area contributed by atoms with Gasteiger partial charge in [-0.05, 0) is 24.3 Å². The molecule has 1 aromatic heterocycles. The minimum atomic E-state index is -0.424. The van der Waals surface area contributed by atoms with E-state index in [0.717, 1.165) is 0 Å². The summed E-state index contributed by atoms with van der Waals surface area (Å²) >= 11 is 0. The van der Waals surface area contributed by atoms with Crippen LogP contribution in [0.5, 0.6) is 0 Å². The van der Waals surface area contributed by atoms with Gasteiger partial charge in [0.1, 0.15) is 0 Å². The van der Waals surface area contributed by atoms with Crippen molar-refractivity contribution in [3.05, 3.63) is 54.4 Å². The van der Waals surface area contributed by atoms with E-state index in [1.165, 1.54) is 0 Å². The SMILES string of the molecule is O=C(CCC(=O)N1CCOCC1)NNC(=O)c1ccccc1-n1cccc1.